The number of carbonyl (C=O) groups excluding carboxylic acids is 3. The summed E-state index contributed by atoms with van der Waals surface area (Å²) in [5.41, 5.74) is 0. The van der Waals surface area contributed by atoms with Gasteiger partial charge in [-0.05, 0) is 57.8 Å². The van der Waals surface area contributed by atoms with Gasteiger partial charge in [-0.3, -0.25) is 9.59 Å². The number of carboxylic acid groups (broad SMARTS) is 1. The lowest BCUT2D eigenvalue weighted by Crippen LogP contribution is -2.44. The van der Waals surface area contributed by atoms with Crippen molar-refractivity contribution in [2.24, 2.45) is 0 Å². The van der Waals surface area contributed by atoms with Gasteiger partial charge in [0.2, 0.25) is 0 Å². The van der Waals surface area contributed by atoms with Crippen molar-refractivity contribution in [1.29, 1.82) is 0 Å². The Balaban J connectivity index is 3.99. The van der Waals surface area contributed by atoms with Crippen molar-refractivity contribution >= 4 is 17.9 Å². The highest BCUT2D eigenvalue weighted by atomic mass is 16.7. The molecule has 0 rings (SSSR count). The lowest BCUT2D eigenvalue weighted by atomic mass is 10.0. The van der Waals surface area contributed by atoms with Crippen LogP contribution in [0, 0.1) is 0 Å². The molecule has 9 nitrogen and oxygen atoms in total. The van der Waals surface area contributed by atoms with Gasteiger partial charge in [-0.2, -0.15) is 0 Å². The van der Waals surface area contributed by atoms with Crippen LogP contribution in [0.3, 0.4) is 0 Å². The number of quaternary nitrogens is 1. The van der Waals surface area contributed by atoms with E-state index < -0.39 is 24.3 Å². The predicted octanol–water partition coefficient (Wildman–Crippen LogP) is 23.3. The van der Waals surface area contributed by atoms with Crippen LogP contribution >= 0.6 is 0 Å². The number of carboxylic acids is 1. The summed E-state index contributed by atoms with van der Waals surface area (Å²) in [6, 6.07) is 0. The van der Waals surface area contributed by atoms with Gasteiger partial charge in [0, 0.05) is 12.8 Å². The number of esters is 2. The van der Waals surface area contributed by atoms with Crippen LogP contribution in [0.4, 0.5) is 0 Å². The SMILES string of the molecule is CC/C=C\C/C=C\C/C=C\C/C=C\C/C=C\CCCCCCCCCCCCCCCCCCCCCCCC(=O)OC(COC(=O)CCCCCCCCCCCCCCCCCCCCCCCCCCCCCC)COC(OCC[N+](C)(C)C)C(=O)[O-]. The van der Waals surface area contributed by atoms with Gasteiger partial charge in [-0.25, -0.2) is 0 Å². The third-order valence-corrected chi connectivity index (χ3v) is 17.5. The number of nitrogens with zero attached hydrogens (tertiary/aromatic N) is 1. The van der Waals surface area contributed by atoms with Gasteiger partial charge in [0.1, 0.15) is 13.2 Å². The molecule has 0 aromatic carbocycles. The molecule has 0 aliphatic rings. The molecule has 0 N–H and O–H groups in total. The molecule has 0 saturated heterocycles. The van der Waals surface area contributed by atoms with Crippen LogP contribution < -0.4 is 5.11 Å². The number of unbranched alkanes of at least 4 members (excludes halogenated alkanes) is 48. The standard InChI is InChI=1S/C81H149NO8/c1-6-8-10-12-14-16-18-20-22-24-26-28-30-32-34-36-37-38-39-40-41-42-43-44-46-48-50-52-54-56-58-60-62-64-66-68-70-72-79(84)90-77(76-89-81(80(85)86)87-74-73-82(3,4)5)75-88-78(83)71-69-67-65-63-61-59-57-55-53-51-49-47-45-35-33-31-29-27-25-23-21-19-17-15-13-11-9-7-2/h8,10,14,16,20,22,26,28,32,34,77,81H,6-7,9,11-13,15,17-19,21,23-25,27,29-31,33,35-76H2,1-5H3/b10-8-,16-14-,22-20-,28-26-,34-32-. The summed E-state index contributed by atoms with van der Waals surface area (Å²) in [4.78, 5) is 37.6. The molecule has 90 heavy (non-hydrogen) atoms. The van der Waals surface area contributed by atoms with Crippen molar-refractivity contribution < 1.29 is 42.9 Å². The van der Waals surface area contributed by atoms with E-state index in [1.807, 2.05) is 21.1 Å². The summed E-state index contributed by atoms with van der Waals surface area (Å²) in [6.07, 6.45) is 92.0. The smallest absolute Gasteiger partial charge is 0.306 e. The molecule has 9 heteroatoms. The Morgan fingerprint density at radius 3 is 0.944 bits per heavy atom. The molecular weight excluding hydrogens is 1110 g/mol. The van der Waals surface area contributed by atoms with E-state index in [1.54, 1.807) is 0 Å². The molecule has 0 fully saturated rings. The quantitative estimate of drug-likeness (QED) is 0.0195. The largest absolute Gasteiger partial charge is 0.545 e. The van der Waals surface area contributed by atoms with Crippen LogP contribution in [0.1, 0.15) is 380 Å². The lowest BCUT2D eigenvalue weighted by Gasteiger charge is -2.26. The Hall–Kier alpha value is -3.01. The molecule has 0 aliphatic heterocycles. The Kier molecular flexibility index (Phi) is 69.4. The van der Waals surface area contributed by atoms with Crippen LogP contribution in [-0.2, 0) is 33.3 Å². The number of aliphatic carboxylic acids is 1. The molecule has 526 valence electrons. The Morgan fingerprint density at radius 2 is 0.633 bits per heavy atom. The first kappa shape index (κ1) is 87.0. The summed E-state index contributed by atoms with van der Waals surface area (Å²) in [6.45, 7) is 4.71. The zero-order valence-corrected chi connectivity index (χ0v) is 60.3. The number of allylic oxidation sites excluding steroid dienone is 10. The van der Waals surface area contributed by atoms with E-state index in [0.29, 0.717) is 17.4 Å². The normalized spacial score (nSPS) is 12.9. The van der Waals surface area contributed by atoms with Crippen LogP contribution in [0.25, 0.3) is 0 Å². The molecule has 0 spiro atoms. The third-order valence-electron chi connectivity index (χ3n) is 17.5. The maximum Gasteiger partial charge on any atom is 0.306 e. The van der Waals surface area contributed by atoms with E-state index in [0.717, 1.165) is 70.6 Å². The first-order chi connectivity index (χ1) is 44.1. The zero-order chi connectivity index (χ0) is 65.4. The molecule has 0 bridgehead atoms. The van der Waals surface area contributed by atoms with Crippen molar-refractivity contribution in [3.63, 3.8) is 0 Å². The number of rotatable bonds is 73. The van der Waals surface area contributed by atoms with Gasteiger partial charge in [-0.1, -0.05) is 370 Å². The van der Waals surface area contributed by atoms with Crippen molar-refractivity contribution in [2.75, 3.05) is 47.5 Å². The minimum Gasteiger partial charge on any atom is -0.545 e. The van der Waals surface area contributed by atoms with Gasteiger partial charge in [0.15, 0.2) is 12.4 Å². The van der Waals surface area contributed by atoms with Gasteiger partial charge < -0.3 is 33.3 Å². The van der Waals surface area contributed by atoms with E-state index in [2.05, 4.69) is 74.6 Å². The fraction of sp³-hybridized carbons (Fsp3) is 0.840. The molecule has 0 aromatic heterocycles. The lowest BCUT2D eigenvalue weighted by molar-refractivity contribution is -0.870. The summed E-state index contributed by atoms with van der Waals surface area (Å²) < 4.78 is 22.9. The van der Waals surface area contributed by atoms with Gasteiger partial charge in [0.05, 0.1) is 40.3 Å². The van der Waals surface area contributed by atoms with Crippen molar-refractivity contribution in [3.8, 4) is 0 Å². The number of carbonyl (C=O) groups is 3. The van der Waals surface area contributed by atoms with Crippen molar-refractivity contribution in [2.45, 2.75) is 392 Å². The van der Waals surface area contributed by atoms with Crippen LogP contribution in [0.2, 0.25) is 0 Å². The maximum absolute atomic E-state index is 13.0. The second-order valence-electron chi connectivity index (χ2n) is 27.6. The van der Waals surface area contributed by atoms with Gasteiger partial charge in [0.25, 0.3) is 0 Å². The van der Waals surface area contributed by atoms with E-state index in [9.17, 15) is 19.5 Å². The molecule has 0 amide bonds. The van der Waals surface area contributed by atoms with Gasteiger partial charge >= 0.3 is 11.9 Å². The molecule has 0 aliphatic carbocycles. The third kappa shape index (κ3) is 72.4. The molecule has 2 atom stereocenters. The summed E-state index contributed by atoms with van der Waals surface area (Å²) in [5.74, 6) is -2.25. The number of hydrogen-bond donors (Lipinski definition) is 0. The number of hydrogen-bond acceptors (Lipinski definition) is 8. The van der Waals surface area contributed by atoms with Crippen LogP contribution in [0.5, 0.6) is 0 Å². The minimum absolute atomic E-state index is 0.150. The topological polar surface area (TPSA) is 111 Å². The number of ether oxygens (including phenoxy) is 4. The summed E-state index contributed by atoms with van der Waals surface area (Å²) in [5, 5.41) is 11.9. The molecule has 0 saturated carbocycles. The fourth-order valence-electron chi connectivity index (χ4n) is 11.6. The summed E-state index contributed by atoms with van der Waals surface area (Å²) in [7, 11) is 5.95. The highest BCUT2D eigenvalue weighted by Crippen LogP contribution is 2.20. The Labute approximate surface area is 558 Å². The van der Waals surface area contributed by atoms with Crippen molar-refractivity contribution in [3.05, 3.63) is 60.8 Å². The molecule has 0 aromatic rings. The van der Waals surface area contributed by atoms with Crippen LogP contribution in [0.15, 0.2) is 60.8 Å². The van der Waals surface area contributed by atoms with Crippen LogP contribution in [-0.4, -0.2) is 82.3 Å². The second-order valence-corrected chi connectivity index (χ2v) is 27.6. The van der Waals surface area contributed by atoms with Crippen molar-refractivity contribution in [1.82, 2.24) is 0 Å². The first-order valence-corrected chi connectivity index (χ1v) is 38.9. The zero-order valence-electron chi connectivity index (χ0n) is 60.3. The van der Waals surface area contributed by atoms with E-state index in [4.69, 9.17) is 18.9 Å². The number of likely N-dealkylation sites (N-methyl/N-ethyl adjacent to an activating group) is 1. The molecule has 0 radical (unpaired) electrons. The monoisotopic (exact) mass is 1260 g/mol. The van der Waals surface area contributed by atoms with Gasteiger partial charge in [-0.15, -0.1) is 0 Å². The first-order valence-electron chi connectivity index (χ1n) is 38.9. The average molecular weight is 1270 g/mol. The predicted molar refractivity (Wildman–Crippen MR) is 385 cm³/mol. The highest BCUT2D eigenvalue weighted by Gasteiger charge is 2.22. The highest BCUT2D eigenvalue weighted by molar-refractivity contribution is 5.70. The Morgan fingerprint density at radius 1 is 0.344 bits per heavy atom. The maximum atomic E-state index is 13.0. The Bertz CT molecular complexity index is 1660. The average Bonchev–Trinajstić information content (AvgIpc) is 3.74. The fourth-order valence-corrected chi connectivity index (χ4v) is 11.6. The van der Waals surface area contributed by atoms with E-state index in [1.165, 1.54) is 283 Å². The minimum atomic E-state index is -1.62. The summed E-state index contributed by atoms with van der Waals surface area (Å²) >= 11 is 0. The van der Waals surface area contributed by atoms with E-state index >= 15 is 0 Å². The molecular formula is C81H149NO8. The molecule has 2 unspecified atom stereocenters. The second kappa shape index (κ2) is 71.8. The molecule has 0 heterocycles. The van der Waals surface area contributed by atoms with E-state index in [-0.39, 0.29) is 32.2 Å².